The highest BCUT2D eigenvalue weighted by Gasteiger charge is 2.50. The van der Waals surface area contributed by atoms with Crippen LogP contribution >= 0.6 is 0 Å². The highest BCUT2D eigenvalue weighted by molar-refractivity contribution is 5.73. The Morgan fingerprint density at radius 3 is 2.52 bits per heavy atom. The molecule has 2 aliphatic rings. The van der Waals surface area contributed by atoms with Crippen molar-refractivity contribution in [3.63, 3.8) is 0 Å². The van der Waals surface area contributed by atoms with E-state index in [-0.39, 0.29) is 24.0 Å². The number of aliphatic hydroxyl groups is 1. The second-order valence-corrected chi connectivity index (χ2v) is 7.31. The Hall–Kier alpha value is -3.05. The number of ether oxygens (including phenoxy) is 4. The van der Waals surface area contributed by atoms with Crippen molar-refractivity contribution in [2.24, 2.45) is 0 Å². The van der Waals surface area contributed by atoms with Crippen molar-refractivity contribution in [1.82, 2.24) is 5.32 Å². The maximum atomic E-state index is 11.7. The molecule has 31 heavy (non-hydrogen) atoms. The largest absolute Gasteiger partial charge is 0.463 e. The molecule has 10 heteroatoms. The number of non-ortho nitro benzene ring substituents is 1. The van der Waals surface area contributed by atoms with Gasteiger partial charge in [0.25, 0.3) is 5.69 Å². The number of nitro groups is 1. The van der Waals surface area contributed by atoms with E-state index >= 15 is 0 Å². The van der Waals surface area contributed by atoms with Gasteiger partial charge in [0, 0.05) is 24.6 Å². The molecule has 0 aliphatic carbocycles. The van der Waals surface area contributed by atoms with E-state index < -0.39 is 41.9 Å². The number of carbonyl (C=O) groups is 1. The zero-order chi connectivity index (χ0) is 22.0. The van der Waals surface area contributed by atoms with Crippen molar-refractivity contribution in [2.75, 3.05) is 6.61 Å². The second-order valence-electron chi connectivity index (χ2n) is 7.31. The fraction of sp³-hybridized carbons (Fsp3) is 0.381. The number of benzene rings is 2. The average Bonchev–Trinajstić information content (AvgIpc) is 2.77. The monoisotopic (exact) mass is 430 g/mol. The summed E-state index contributed by atoms with van der Waals surface area (Å²) in [5.41, 5.74) is 0.713. The van der Waals surface area contributed by atoms with E-state index in [2.05, 4.69) is 5.32 Å². The third kappa shape index (κ3) is 4.67. The van der Waals surface area contributed by atoms with Crippen molar-refractivity contribution in [3.8, 4) is 5.75 Å². The predicted octanol–water partition coefficient (Wildman–Crippen LogP) is 1.68. The number of carbonyl (C=O) groups excluding carboxylic acids is 1. The van der Waals surface area contributed by atoms with Crippen molar-refractivity contribution in [1.29, 1.82) is 0 Å². The Kier molecular flexibility index (Phi) is 6.14. The smallest absolute Gasteiger partial charge is 0.269 e. The minimum absolute atomic E-state index is 0.0866. The van der Waals surface area contributed by atoms with E-state index in [9.17, 15) is 20.0 Å². The molecule has 6 atom stereocenters. The van der Waals surface area contributed by atoms with Crippen LogP contribution in [0.4, 0.5) is 5.69 Å². The molecule has 10 nitrogen and oxygen atoms in total. The van der Waals surface area contributed by atoms with Crippen LogP contribution in [0.5, 0.6) is 5.75 Å². The molecule has 2 saturated heterocycles. The number of nitro benzene ring substituents is 1. The SMILES string of the molecule is CC(=O)N[C@H]1[C@H](Oc2ccc([N+](=O)[O-])cc2)O[C@@H]2COC(c3ccccc3)O[C@H]2[C@@H]1O. The highest BCUT2D eigenvalue weighted by atomic mass is 16.7. The average molecular weight is 430 g/mol. The number of fused-ring (bicyclic) bond motifs is 1. The molecule has 2 aromatic carbocycles. The number of aliphatic hydroxyl groups excluding tert-OH is 1. The molecule has 2 N–H and O–H groups in total. The lowest BCUT2D eigenvalue weighted by molar-refractivity contribution is -0.384. The van der Waals surface area contributed by atoms with Crippen LogP contribution in [0.1, 0.15) is 18.8 Å². The lowest BCUT2D eigenvalue weighted by Gasteiger charge is -2.47. The molecule has 1 unspecified atom stereocenters. The summed E-state index contributed by atoms with van der Waals surface area (Å²) in [5, 5.41) is 24.5. The van der Waals surface area contributed by atoms with Gasteiger partial charge in [-0.2, -0.15) is 0 Å². The molecule has 2 aromatic rings. The number of nitrogens with one attached hydrogen (secondary N) is 1. The second kappa shape index (κ2) is 8.98. The topological polar surface area (TPSA) is 129 Å². The Morgan fingerprint density at radius 2 is 1.87 bits per heavy atom. The standard InChI is InChI=1S/C21H22N2O8/c1-12(24)22-17-18(25)19-16(11-28-20(31-19)13-5-3-2-4-6-13)30-21(17)29-15-9-7-14(8-10-15)23(26)27/h2-10,16-21,25H,11H2,1H3,(H,22,24)/t16-,17-,18-,19-,20?,21-/m1/s1. The number of hydrogen-bond donors (Lipinski definition) is 2. The fourth-order valence-electron chi connectivity index (χ4n) is 3.64. The van der Waals surface area contributed by atoms with Gasteiger partial charge >= 0.3 is 0 Å². The lowest BCUT2D eigenvalue weighted by Crippen LogP contribution is -2.67. The molecule has 1 amide bonds. The molecule has 4 rings (SSSR count). The van der Waals surface area contributed by atoms with Crippen LogP contribution < -0.4 is 10.1 Å². The molecule has 0 saturated carbocycles. The summed E-state index contributed by atoms with van der Waals surface area (Å²) < 4.78 is 23.5. The van der Waals surface area contributed by atoms with E-state index in [0.29, 0.717) is 0 Å². The molecular weight excluding hydrogens is 408 g/mol. The van der Waals surface area contributed by atoms with Gasteiger partial charge in [0.1, 0.15) is 30.1 Å². The van der Waals surface area contributed by atoms with Crippen LogP contribution in [0.2, 0.25) is 0 Å². The fourth-order valence-corrected chi connectivity index (χ4v) is 3.64. The first-order chi connectivity index (χ1) is 14.9. The number of hydrogen-bond acceptors (Lipinski definition) is 8. The van der Waals surface area contributed by atoms with Gasteiger partial charge in [-0.15, -0.1) is 0 Å². The van der Waals surface area contributed by atoms with E-state index in [0.717, 1.165) is 5.56 Å². The summed E-state index contributed by atoms with van der Waals surface area (Å²) in [4.78, 5) is 22.1. The third-order valence-corrected chi connectivity index (χ3v) is 5.11. The number of nitrogens with zero attached hydrogens (tertiary/aromatic N) is 1. The minimum Gasteiger partial charge on any atom is -0.463 e. The molecule has 0 spiro atoms. The van der Waals surface area contributed by atoms with Gasteiger partial charge in [-0.1, -0.05) is 30.3 Å². The maximum Gasteiger partial charge on any atom is 0.269 e. The molecule has 0 aromatic heterocycles. The van der Waals surface area contributed by atoms with Gasteiger partial charge in [-0.25, -0.2) is 0 Å². The molecule has 0 bridgehead atoms. The Labute approximate surface area is 177 Å². The van der Waals surface area contributed by atoms with Crippen molar-refractivity contribution in [3.05, 3.63) is 70.3 Å². The molecule has 2 heterocycles. The molecule has 0 radical (unpaired) electrons. The molecule has 164 valence electrons. The van der Waals surface area contributed by atoms with Crippen LogP contribution in [0.3, 0.4) is 0 Å². The summed E-state index contributed by atoms with van der Waals surface area (Å²) in [5.74, 6) is -0.0912. The van der Waals surface area contributed by atoms with Crippen molar-refractivity contribution >= 4 is 11.6 Å². The summed E-state index contributed by atoms with van der Waals surface area (Å²) in [6, 6.07) is 13.8. The highest BCUT2D eigenvalue weighted by Crippen LogP contribution is 2.35. The van der Waals surface area contributed by atoms with Crippen LogP contribution in [-0.2, 0) is 19.0 Å². The zero-order valence-electron chi connectivity index (χ0n) is 16.6. The first-order valence-electron chi connectivity index (χ1n) is 9.76. The first-order valence-corrected chi connectivity index (χ1v) is 9.76. The summed E-state index contributed by atoms with van der Waals surface area (Å²) in [6.45, 7) is 1.47. The van der Waals surface area contributed by atoms with Crippen LogP contribution in [0, 0.1) is 10.1 Å². The van der Waals surface area contributed by atoms with Gasteiger partial charge in [0.05, 0.1) is 11.5 Å². The van der Waals surface area contributed by atoms with Gasteiger partial charge in [0.2, 0.25) is 12.2 Å². The van der Waals surface area contributed by atoms with E-state index in [1.54, 1.807) is 0 Å². The van der Waals surface area contributed by atoms with Gasteiger partial charge in [0.15, 0.2) is 6.29 Å². The van der Waals surface area contributed by atoms with Gasteiger partial charge in [-0.05, 0) is 12.1 Å². The van der Waals surface area contributed by atoms with Crippen molar-refractivity contribution in [2.45, 2.75) is 43.9 Å². The number of amides is 1. The summed E-state index contributed by atoms with van der Waals surface area (Å²) >= 11 is 0. The van der Waals surface area contributed by atoms with E-state index in [1.165, 1.54) is 31.2 Å². The van der Waals surface area contributed by atoms with E-state index in [1.807, 2.05) is 30.3 Å². The van der Waals surface area contributed by atoms with E-state index in [4.69, 9.17) is 18.9 Å². The molecule has 2 fully saturated rings. The van der Waals surface area contributed by atoms with Crippen LogP contribution in [-0.4, -0.2) is 53.2 Å². The normalized spacial score (nSPS) is 30.1. The predicted molar refractivity (Wildman–Crippen MR) is 106 cm³/mol. The Bertz CT molecular complexity index is 923. The number of rotatable bonds is 5. The van der Waals surface area contributed by atoms with Crippen molar-refractivity contribution < 1.29 is 33.8 Å². The quantitative estimate of drug-likeness (QED) is 0.541. The summed E-state index contributed by atoms with van der Waals surface area (Å²) in [7, 11) is 0. The van der Waals surface area contributed by atoms with Gasteiger partial charge < -0.3 is 29.4 Å². The Balaban J connectivity index is 1.52. The Morgan fingerprint density at radius 1 is 1.16 bits per heavy atom. The lowest BCUT2D eigenvalue weighted by atomic mass is 9.95. The van der Waals surface area contributed by atoms with Gasteiger partial charge in [-0.3, -0.25) is 14.9 Å². The van der Waals surface area contributed by atoms with Crippen LogP contribution in [0.15, 0.2) is 54.6 Å². The van der Waals surface area contributed by atoms with Crippen LogP contribution in [0.25, 0.3) is 0 Å². The maximum absolute atomic E-state index is 11.7. The third-order valence-electron chi connectivity index (χ3n) is 5.11. The summed E-state index contributed by atoms with van der Waals surface area (Å²) in [6.07, 6.45) is -4.26. The first kappa shape index (κ1) is 21.2. The molecule has 2 aliphatic heterocycles. The zero-order valence-corrected chi connectivity index (χ0v) is 16.6. The minimum atomic E-state index is -1.14. The molecular formula is C21H22N2O8.